The minimum Gasteiger partial charge on any atom is -0.496 e. The lowest BCUT2D eigenvalue weighted by atomic mass is 9.88. The molecule has 0 radical (unpaired) electrons. The predicted molar refractivity (Wildman–Crippen MR) is 137 cm³/mol. The molecule has 0 spiro atoms. The Bertz CT molecular complexity index is 1090. The quantitative estimate of drug-likeness (QED) is 0.355. The molecule has 3 aromatic carbocycles. The average molecular weight is 447 g/mol. The number of nitrogens with one attached hydrogen (secondary N) is 2. The van der Waals surface area contributed by atoms with Crippen molar-refractivity contribution in [2.24, 2.45) is 0 Å². The van der Waals surface area contributed by atoms with Crippen LogP contribution >= 0.6 is 0 Å². The maximum atomic E-state index is 12.9. The van der Waals surface area contributed by atoms with Crippen molar-refractivity contribution in [1.82, 2.24) is 0 Å². The van der Waals surface area contributed by atoms with Crippen molar-refractivity contribution in [2.75, 3.05) is 31.4 Å². The zero-order valence-corrected chi connectivity index (χ0v) is 20.4. The van der Waals surface area contributed by atoms with Gasteiger partial charge in [-0.15, -0.1) is 0 Å². The highest BCUT2D eigenvalue weighted by Gasteiger charge is 2.23. The van der Waals surface area contributed by atoms with Gasteiger partial charge in [-0.1, -0.05) is 31.2 Å². The molecule has 0 aromatic heterocycles. The maximum absolute atomic E-state index is 12.9. The van der Waals surface area contributed by atoms with Gasteiger partial charge >= 0.3 is 5.97 Å². The lowest BCUT2D eigenvalue weighted by Gasteiger charge is -2.20. The van der Waals surface area contributed by atoms with Crippen molar-refractivity contribution in [2.45, 2.75) is 40.2 Å². The molecule has 174 valence electrons. The molecule has 2 N–H and O–H groups in total. The summed E-state index contributed by atoms with van der Waals surface area (Å²) in [6.07, 6.45) is 1.06. The number of ether oxygens (including phenoxy) is 2. The molecule has 0 bridgehead atoms. The Kier molecular flexibility index (Phi) is 7.99. The Labute approximate surface area is 197 Å². The van der Waals surface area contributed by atoms with Gasteiger partial charge in [-0.25, -0.2) is 4.79 Å². The second kappa shape index (κ2) is 10.9. The first-order valence-corrected chi connectivity index (χ1v) is 11.4. The standard InChI is InChI=1S/C28H34N2O3/c1-7-16-29-22-12-8-20(9-13-22)24-17-25(32-5)26(19(4)27(24)28(31)33-6)21-10-14-23(15-11-21)30-18(2)3/h8-15,17-18,29-30H,7,16H2,1-6H3. The first-order valence-electron chi connectivity index (χ1n) is 11.4. The van der Waals surface area contributed by atoms with E-state index in [4.69, 9.17) is 9.47 Å². The number of anilines is 2. The van der Waals surface area contributed by atoms with Crippen molar-refractivity contribution in [3.8, 4) is 28.0 Å². The van der Waals surface area contributed by atoms with Crippen LogP contribution in [0.2, 0.25) is 0 Å². The van der Waals surface area contributed by atoms with E-state index in [-0.39, 0.29) is 5.97 Å². The van der Waals surface area contributed by atoms with Gasteiger partial charge in [0.05, 0.1) is 19.8 Å². The lowest BCUT2D eigenvalue weighted by molar-refractivity contribution is 0.0601. The summed E-state index contributed by atoms with van der Waals surface area (Å²) >= 11 is 0. The monoisotopic (exact) mass is 446 g/mol. The van der Waals surface area contributed by atoms with Gasteiger partial charge in [-0.3, -0.25) is 0 Å². The summed E-state index contributed by atoms with van der Waals surface area (Å²) in [6.45, 7) is 9.21. The largest absolute Gasteiger partial charge is 0.496 e. The van der Waals surface area contributed by atoms with Crippen molar-refractivity contribution >= 4 is 17.3 Å². The van der Waals surface area contributed by atoms with Gasteiger partial charge in [0.1, 0.15) is 5.75 Å². The molecule has 0 heterocycles. The van der Waals surface area contributed by atoms with Crippen LogP contribution in [-0.2, 0) is 4.74 Å². The Balaban J connectivity index is 2.13. The second-order valence-corrected chi connectivity index (χ2v) is 8.37. The maximum Gasteiger partial charge on any atom is 0.338 e. The van der Waals surface area contributed by atoms with Crippen LogP contribution in [0.15, 0.2) is 54.6 Å². The minimum atomic E-state index is -0.363. The van der Waals surface area contributed by atoms with Gasteiger partial charge in [-0.05, 0) is 74.2 Å². The van der Waals surface area contributed by atoms with Gasteiger partial charge in [0.15, 0.2) is 0 Å². The highest BCUT2D eigenvalue weighted by atomic mass is 16.5. The zero-order chi connectivity index (χ0) is 24.0. The number of carbonyl (C=O) groups excluding carboxylic acids is 1. The Morgan fingerprint density at radius 1 is 0.939 bits per heavy atom. The first-order chi connectivity index (χ1) is 15.9. The van der Waals surface area contributed by atoms with Crippen LogP contribution in [0.5, 0.6) is 5.75 Å². The Hall–Kier alpha value is -3.47. The number of methoxy groups -OCH3 is 2. The summed E-state index contributed by atoms with van der Waals surface area (Å²) in [7, 11) is 3.08. The molecule has 5 nitrogen and oxygen atoms in total. The molecule has 0 unspecified atom stereocenters. The Morgan fingerprint density at radius 3 is 2.09 bits per heavy atom. The predicted octanol–water partition coefficient (Wildman–Crippen LogP) is 6.77. The zero-order valence-electron chi connectivity index (χ0n) is 20.4. The minimum absolute atomic E-state index is 0.348. The molecule has 0 fully saturated rings. The molecular weight excluding hydrogens is 412 g/mol. The number of carbonyl (C=O) groups is 1. The molecule has 0 aliphatic carbocycles. The molecule has 0 saturated carbocycles. The van der Waals surface area contributed by atoms with Crippen LogP contribution < -0.4 is 15.4 Å². The number of rotatable bonds is 9. The van der Waals surface area contributed by atoms with Crippen LogP contribution in [0.4, 0.5) is 11.4 Å². The van der Waals surface area contributed by atoms with E-state index >= 15 is 0 Å². The molecule has 3 aromatic rings. The van der Waals surface area contributed by atoms with Crippen molar-refractivity contribution in [1.29, 1.82) is 0 Å². The van der Waals surface area contributed by atoms with Gasteiger partial charge in [0.25, 0.3) is 0 Å². The van der Waals surface area contributed by atoms with Gasteiger partial charge in [-0.2, -0.15) is 0 Å². The van der Waals surface area contributed by atoms with Crippen molar-refractivity contribution in [3.05, 3.63) is 65.7 Å². The summed E-state index contributed by atoms with van der Waals surface area (Å²) in [6, 6.07) is 18.6. The third kappa shape index (κ3) is 5.48. The van der Waals surface area contributed by atoms with E-state index in [2.05, 4.69) is 31.4 Å². The van der Waals surface area contributed by atoms with Crippen LogP contribution in [0, 0.1) is 6.92 Å². The molecule has 0 amide bonds. The fourth-order valence-corrected chi connectivity index (χ4v) is 4.00. The first kappa shape index (κ1) is 24.2. The van der Waals surface area contributed by atoms with E-state index in [1.165, 1.54) is 7.11 Å². The molecule has 0 aliphatic heterocycles. The smallest absolute Gasteiger partial charge is 0.338 e. The SMILES string of the molecule is CCCNc1ccc(-c2cc(OC)c(-c3ccc(NC(C)C)cc3)c(C)c2C(=O)OC)cc1. The van der Waals surface area contributed by atoms with E-state index in [1.807, 2.05) is 61.5 Å². The molecule has 0 aliphatic rings. The third-order valence-electron chi connectivity index (χ3n) is 5.55. The second-order valence-electron chi connectivity index (χ2n) is 8.37. The fraction of sp³-hybridized carbons (Fsp3) is 0.321. The highest BCUT2D eigenvalue weighted by Crippen LogP contribution is 2.41. The summed E-state index contributed by atoms with van der Waals surface area (Å²) in [5.74, 6) is 0.352. The summed E-state index contributed by atoms with van der Waals surface area (Å²) in [5, 5.41) is 6.78. The molecule has 5 heteroatoms. The Morgan fingerprint density at radius 2 is 1.55 bits per heavy atom. The van der Waals surface area contributed by atoms with Gasteiger partial charge < -0.3 is 20.1 Å². The van der Waals surface area contributed by atoms with Gasteiger partial charge in [0, 0.05) is 35.1 Å². The highest BCUT2D eigenvalue weighted by molar-refractivity contribution is 6.02. The van der Waals surface area contributed by atoms with E-state index in [9.17, 15) is 4.79 Å². The van der Waals surface area contributed by atoms with Crippen molar-refractivity contribution < 1.29 is 14.3 Å². The molecule has 0 saturated heterocycles. The van der Waals surface area contributed by atoms with Crippen molar-refractivity contribution in [3.63, 3.8) is 0 Å². The van der Waals surface area contributed by atoms with E-state index in [0.717, 1.165) is 52.2 Å². The molecule has 3 rings (SSSR count). The summed E-state index contributed by atoms with van der Waals surface area (Å²) in [5.41, 5.74) is 7.07. The molecular formula is C28H34N2O3. The normalized spacial score (nSPS) is 10.8. The van der Waals surface area contributed by atoms with E-state index < -0.39 is 0 Å². The number of hydrogen-bond donors (Lipinski definition) is 2. The number of esters is 1. The van der Waals surface area contributed by atoms with E-state index in [1.54, 1.807) is 7.11 Å². The molecule has 0 atom stereocenters. The van der Waals surface area contributed by atoms with Gasteiger partial charge in [0.2, 0.25) is 0 Å². The lowest BCUT2D eigenvalue weighted by Crippen LogP contribution is -2.10. The number of hydrogen-bond acceptors (Lipinski definition) is 5. The molecule has 33 heavy (non-hydrogen) atoms. The van der Waals surface area contributed by atoms with Crippen LogP contribution in [0.1, 0.15) is 43.1 Å². The average Bonchev–Trinajstić information content (AvgIpc) is 2.82. The number of benzene rings is 3. The van der Waals surface area contributed by atoms with Crippen LogP contribution in [0.25, 0.3) is 22.3 Å². The fourth-order valence-electron chi connectivity index (χ4n) is 4.00. The summed E-state index contributed by atoms with van der Waals surface area (Å²) in [4.78, 5) is 12.9. The van der Waals surface area contributed by atoms with Crippen LogP contribution in [-0.4, -0.2) is 32.8 Å². The third-order valence-corrected chi connectivity index (χ3v) is 5.55. The summed E-state index contributed by atoms with van der Waals surface area (Å²) < 4.78 is 11.0. The van der Waals surface area contributed by atoms with E-state index in [0.29, 0.717) is 17.4 Å². The van der Waals surface area contributed by atoms with Crippen LogP contribution in [0.3, 0.4) is 0 Å². The topological polar surface area (TPSA) is 59.6 Å².